The first-order valence-corrected chi connectivity index (χ1v) is 6.41. The fourth-order valence-corrected chi connectivity index (χ4v) is 2.04. The largest absolute Gasteiger partial charge is 0.496 e. The zero-order valence-electron chi connectivity index (χ0n) is 11.8. The summed E-state index contributed by atoms with van der Waals surface area (Å²) in [5.41, 5.74) is 2.23. The molecule has 0 saturated carbocycles. The van der Waals surface area contributed by atoms with Crippen LogP contribution in [0.4, 0.5) is 10.1 Å². The standard InChI is InChI=1S/C16H16FNO3/c1-10-3-6-15(21-2)11(7-10)9-18-12-4-5-14(17)13(8-12)16(19)20/h3-8,18H,9H2,1-2H3,(H,19,20). The molecule has 110 valence electrons. The first kappa shape index (κ1) is 14.8. The van der Waals surface area contributed by atoms with E-state index in [0.29, 0.717) is 12.2 Å². The molecule has 4 nitrogen and oxygen atoms in total. The minimum absolute atomic E-state index is 0.351. The maximum atomic E-state index is 13.3. The van der Waals surface area contributed by atoms with Crippen molar-refractivity contribution in [3.8, 4) is 5.75 Å². The highest BCUT2D eigenvalue weighted by Gasteiger charge is 2.11. The van der Waals surface area contributed by atoms with Crippen LogP contribution in [0.3, 0.4) is 0 Å². The van der Waals surface area contributed by atoms with Gasteiger partial charge in [-0.3, -0.25) is 0 Å². The number of carboxylic acid groups (broad SMARTS) is 1. The molecular weight excluding hydrogens is 273 g/mol. The topological polar surface area (TPSA) is 58.6 Å². The van der Waals surface area contributed by atoms with Gasteiger partial charge in [0.15, 0.2) is 0 Å². The number of anilines is 1. The van der Waals surface area contributed by atoms with Gasteiger partial charge in [-0.2, -0.15) is 0 Å². The Bertz CT molecular complexity index is 671. The van der Waals surface area contributed by atoms with Crippen LogP contribution >= 0.6 is 0 Å². The summed E-state index contributed by atoms with van der Waals surface area (Å²) in [7, 11) is 1.59. The van der Waals surface area contributed by atoms with Crippen molar-refractivity contribution in [2.45, 2.75) is 13.5 Å². The van der Waals surface area contributed by atoms with E-state index in [2.05, 4.69) is 5.32 Å². The van der Waals surface area contributed by atoms with Gasteiger partial charge in [-0.15, -0.1) is 0 Å². The molecule has 0 aliphatic carbocycles. The molecule has 2 N–H and O–H groups in total. The number of hydrogen-bond donors (Lipinski definition) is 2. The molecular formula is C16H16FNO3. The number of aryl methyl sites for hydroxylation is 1. The molecule has 0 atom stereocenters. The number of halogens is 1. The molecule has 0 spiro atoms. The van der Waals surface area contributed by atoms with Crippen molar-refractivity contribution in [1.29, 1.82) is 0 Å². The summed E-state index contributed by atoms with van der Waals surface area (Å²) in [4.78, 5) is 10.9. The van der Waals surface area contributed by atoms with Gasteiger partial charge in [0.25, 0.3) is 0 Å². The van der Waals surface area contributed by atoms with Crippen LogP contribution in [0.1, 0.15) is 21.5 Å². The SMILES string of the molecule is COc1ccc(C)cc1CNc1ccc(F)c(C(=O)O)c1. The predicted molar refractivity (Wildman–Crippen MR) is 78.4 cm³/mol. The van der Waals surface area contributed by atoms with Crippen LogP contribution in [0.25, 0.3) is 0 Å². The van der Waals surface area contributed by atoms with E-state index in [-0.39, 0.29) is 5.56 Å². The van der Waals surface area contributed by atoms with Gasteiger partial charge in [-0.05, 0) is 31.2 Å². The quantitative estimate of drug-likeness (QED) is 0.885. The molecule has 0 aromatic heterocycles. The van der Waals surface area contributed by atoms with Crippen LogP contribution in [-0.2, 0) is 6.54 Å². The number of carbonyl (C=O) groups is 1. The minimum Gasteiger partial charge on any atom is -0.496 e. The van der Waals surface area contributed by atoms with Crippen molar-refractivity contribution in [3.63, 3.8) is 0 Å². The average molecular weight is 289 g/mol. The highest BCUT2D eigenvalue weighted by Crippen LogP contribution is 2.22. The third-order valence-corrected chi connectivity index (χ3v) is 3.12. The molecule has 0 radical (unpaired) electrons. The van der Waals surface area contributed by atoms with Gasteiger partial charge in [-0.25, -0.2) is 9.18 Å². The van der Waals surface area contributed by atoms with Crippen molar-refractivity contribution >= 4 is 11.7 Å². The smallest absolute Gasteiger partial charge is 0.338 e. The summed E-state index contributed by atoms with van der Waals surface area (Å²) in [6, 6.07) is 9.72. The second-order valence-electron chi connectivity index (χ2n) is 4.67. The van der Waals surface area contributed by atoms with E-state index in [1.807, 2.05) is 25.1 Å². The number of rotatable bonds is 5. The van der Waals surface area contributed by atoms with E-state index in [4.69, 9.17) is 9.84 Å². The fraction of sp³-hybridized carbons (Fsp3) is 0.188. The third-order valence-electron chi connectivity index (χ3n) is 3.12. The number of nitrogens with one attached hydrogen (secondary N) is 1. The Hall–Kier alpha value is -2.56. The van der Waals surface area contributed by atoms with Gasteiger partial charge in [-0.1, -0.05) is 17.7 Å². The Labute approximate surface area is 122 Å². The number of benzene rings is 2. The summed E-state index contributed by atoms with van der Waals surface area (Å²) in [6.07, 6.45) is 0. The van der Waals surface area contributed by atoms with Crippen LogP contribution in [-0.4, -0.2) is 18.2 Å². The normalized spacial score (nSPS) is 10.2. The van der Waals surface area contributed by atoms with Gasteiger partial charge in [0.05, 0.1) is 12.7 Å². The van der Waals surface area contributed by atoms with Crippen LogP contribution in [0.5, 0.6) is 5.75 Å². The first-order chi connectivity index (χ1) is 10.0. The summed E-state index contributed by atoms with van der Waals surface area (Å²) >= 11 is 0. The highest BCUT2D eigenvalue weighted by atomic mass is 19.1. The van der Waals surface area contributed by atoms with E-state index in [1.165, 1.54) is 12.1 Å². The lowest BCUT2D eigenvalue weighted by Gasteiger charge is -2.12. The van der Waals surface area contributed by atoms with Crippen molar-refractivity contribution in [2.24, 2.45) is 0 Å². The molecule has 21 heavy (non-hydrogen) atoms. The molecule has 0 bridgehead atoms. The maximum Gasteiger partial charge on any atom is 0.338 e. The van der Waals surface area contributed by atoms with E-state index in [1.54, 1.807) is 7.11 Å². The minimum atomic E-state index is -1.29. The van der Waals surface area contributed by atoms with Crippen molar-refractivity contribution < 1.29 is 19.0 Å². The molecule has 2 aromatic rings. The third kappa shape index (κ3) is 3.51. The number of methoxy groups -OCH3 is 1. The highest BCUT2D eigenvalue weighted by molar-refractivity contribution is 5.89. The Kier molecular flexibility index (Phi) is 4.42. The Morgan fingerprint density at radius 3 is 2.71 bits per heavy atom. The van der Waals surface area contributed by atoms with Gasteiger partial charge in [0.1, 0.15) is 11.6 Å². The van der Waals surface area contributed by atoms with E-state index >= 15 is 0 Å². The summed E-state index contributed by atoms with van der Waals surface area (Å²) < 4.78 is 18.6. The summed E-state index contributed by atoms with van der Waals surface area (Å²) in [6.45, 7) is 2.43. The second kappa shape index (κ2) is 6.26. The van der Waals surface area contributed by atoms with Crippen LogP contribution in [0, 0.1) is 12.7 Å². The lowest BCUT2D eigenvalue weighted by atomic mass is 10.1. The number of aromatic carboxylic acids is 1. The molecule has 0 aliphatic heterocycles. The van der Waals surface area contributed by atoms with Crippen molar-refractivity contribution in [1.82, 2.24) is 0 Å². The molecule has 2 rings (SSSR count). The molecule has 0 saturated heterocycles. The lowest BCUT2D eigenvalue weighted by molar-refractivity contribution is 0.0692. The van der Waals surface area contributed by atoms with Gasteiger partial charge in [0, 0.05) is 17.8 Å². The Balaban J connectivity index is 2.19. The number of hydrogen-bond acceptors (Lipinski definition) is 3. The van der Waals surface area contributed by atoms with Gasteiger partial charge < -0.3 is 15.2 Å². The number of ether oxygens (including phenoxy) is 1. The van der Waals surface area contributed by atoms with Crippen molar-refractivity contribution in [3.05, 3.63) is 58.9 Å². The molecule has 0 fully saturated rings. The molecule has 0 aliphatic rings. The molecule has 2 aromatic carbocycles. The zero-order valence-corrected chi connectivity index (χ0v) is 11.8. The monoisotopic (exact) mass is 289 g/mol. The molecule has 0 amide bonds. The van der Waals surface area contributed by atoms with E-state index in [0.717, 1.165) is 22.9 Å². The molecule has 0 unspecified atom stereocenters. The predicted octanol–water partition coefficient (Wildman–Crippen LogP) is 3.45. The van der Waals surface area contributed by atoms with E-state index < -0.39 is 11.8 Å². The first-order valence-electron chi connectivity index (χ1n) is 6.41. The average Bonchev–Trinajstić information content (AvgIpc) is 2.46. The lowest BCUT2D eigenvalue weighted by Crippen LogP contribution is -2.05. The van der Waals surface area contributed by atoms with Crippen LogP contribution in [0.15, 0.2) is 36.4 Å². The van der Waals surface area contributed by atoms with Crippen LogP contribution < -0.4 is 10.1 Å². The van der Waals surface area contributed by atoms with Crippen molar-refractivity contribution in [2.75, 3.05) is 12.4 Å². The van der Waals surface area contributed by atoms with Crippen LogP contribution in [0.2, 0.25) is 0 Å². The number of carboxylic acids is 1. The molecule has 0 heterocycles. The summed E-state index contributed by atoms with van der Waals surface area (Å²) in [5.74, 6) is -1.29. The Morgan fingerprint density at radius 2 is 2.05 bits per heavy atom. The second-order valence-corrected chi connectivity index (χ2v) is 4.67. The van der Waals surface area contributed by atoms with Gasteiger partial charge >= 0.3 is 5.97 Å². The van der Waals surface area contributed by atoms with Gasteiger partial charge in [0.2, 0.25) is 0 Å². The van der Waals surface area contributed by atoms with E-state index in [9.17, 15) is 9.18 Å². The molecule has 5 heteroatoms. The summed E-state index contributed by atoms with van der Waals surface area (Å²) in [5, 5.41) is 12.0. The fourth-order valence-electron chi connectivity index (χ4n) is 2.04. The maximum absolute atomic E-state index is 13.3. The zero-order chi connectivity index (χ0) is 15.4. The Morgan fingerprint density at radius 1 is 1.29 bits per heavy atom.